The summed E-state index contributed by atoms with van der Waals surface area (Å²) in [4.78, 5) is 76.8. The molecule has 12 nitrogen and oxygen atoms in total. The molecule has 0 unspecified atom stereocenters. The highest BCUT2D eigenvalue weighted by molar-refractivity contribution is 5.89. The van der Waals surface area contributed by atoms with E-state index < -0.39 is 89.2 Å². The van der Waals surface area contributed by atoms with Crippen molar-refractivity contribution in [1.29, 1.82) is 0 Å². The number of hydrogen-bond donors (Lipinski definition) is 0. The Balaban J connectivity index is 2.46. The Morgan fingerprint density at radius 3 is 1.67 bits per heavy atom. The van der Waals surface area contributed by atoms with Crippen molar-refractivity contribution in [2.75, 3.05) is 0 Å². The Labute approximate surface area is 286 Å². The fourth-order valence-electron chi connectivity index (χ4n) is 6.27. The molecule has 0 radical (unpaired) electrons. The molecule has 0 saturated carbocycles. The van der Waals surface area contributed by atoms with Crippen molar-refractivity contribution in [1.82, 2.24) is 0 Å². The van der Waals surface area contributed by atoms with Crippen molar-refractivity contribution in [3.63, 3.8) is 0 Å². The summed E-state index contributed by atoms with van der Waals surface area (Å²) < 4.78 is 35.4. The fraction of sp³-hybridized carbons (Fsp3) is 0.514. The van der Waals surface area contributed by atoms with Gasteiger partial charge in [-0.3, -0.25) is 24.0 Å². The summed E-state index contributed by atoms with van der Waals surface area (Å²) in [7, 11) is 0. The Hall–Kier alpha value is -4.74. The Bertz CT molecular complexity index is 1540. The van der Waals surface area contributed by atoms with Gasteiger partial charge in [-0.1, -0.05) is 64.1 Å². The van der Waals surface area contributed by atoms with Crippen LogP contribution in [0.25, 0.3) is 0 Å². The van der Waals surface area contributed by atoms with Crippen LogP contribution in [0.4, 0.5) is 0 Å². The van der Waals surface area contributed by atoms with Crippen molar-refractivity contribution in [3.8, 4) is 0 Å². The number of esters is 6. The quantitative estimate of drug-likeness (QED) is 0.216. The average Bonchev–Trinajstić information content (AvgIpc) is 3.27. The predicted molar refractivity (Wildman–Crippen MR) is 175 cm³/mol. The van der Waals surface area contributed by atoms with Gasteiger partial charge in [-0.25, -0.2) is 4.79 Å². The van der Waals surface area contributed by atoms with Gasteiger partial charge < -0.3 is 28.4 Å². The maximum absolute atomic E-state index is 13.4. The first-order valence-electron chi connectivity index (χ1n) is 16.0. The molecule has 0 N–H and O–H groups in total. The topological polar surface area (TPSA) is 158 Å². The van der Waals surface area contributed by atoms with E-state index in [0.717, 1.165) is 20.8 Å². The lowest BCUT2D eigenvalue weighted by Crippen LogP contribution is -2.59. The molecule has 0 saturated heterocycles. The van der Waals surface area contributed by atoms with Gasteiger partial charge in [0.1, 0.15) is 12.2 Å². The minimum atomic E-state index is -1.96. The van der Waals surface area contributed by atoms with Crippen LogP contribution in [0.5, 0.6) is 0 Å². The number of carbonyl (C=O) groups excluding carboxylic acids is 6. The molecule has 3 rings (SSSR count). The minimum Gasteiger partial charge on any atom is -0.458 e. The number of ether oxygens (including phenoxy) is 6. The number of rotatable bonds is 7. The van der Waals surface area contributed by atoms with Crippen molar-refractivity contribution >= 4 is 35.8 Å². The summed E-state index contributed by atoms with van der Waals surface area (Å²) >= 11 is 0. The van der Waals surface area contributed by atoms with Crippen LogP contribution in [-0.4, -0.2) is 71.9 Å². The maximum Gasteiger partial charge on any atom is 0.338 e. The highest BCUT2D eigenvalue weighted by atomic mass is 16.6. The molecule has 266 valence electrons. The molecule has 8 atom stereocenters. The largest absolute Gasteiger partial charge is 0.458 e. The molecule has 0 aromatic heterocycles. The van der Waals surface area contributed by atoms with Gasteiger partial charge in [-0.15, -0.1) is 0 Å². The molecule has 2 aliphatic carbocycles. The monoisotopic (exact) mass is 682 g/mol. The van der Waals surface area contributed by atoms with E-state index >= 15 is 0 Å². The van der Waals surface area contributed by atoms with Crippen LogP contribution in [-0.2, 0) is 52.4 Å². The summed E-state index contributed by atoms with van der Waals surface area (Å²) in [6.07, 6.45) is 0.399. The molecule has 0 spiro atoms. The molecule has 2 aliphatic rings. The fourth-order valence-corrected chi connectivity index (χ4v) is 6.27. The van der Waals surface area contributed by atoms with Crippen molar-refractivity contribution in [3.05, 3.63) is 71.3 Å². The van der Waals surface area contributed by atoms with Gasteiger partial charge in [0.25, 0.3) is 0 Å². The van der Waals surface area contributed by atoms with E-state index in [9.17, 15) is 28.8 Å². The summed E-state index contributed by atoms with van der Waals surface area (Å²) in [6.45, 7) is 14.4. The lowest BCUT2D eigenvalue weighted by molar-refractivity contribution is -0.213. The Morgan fingerprint density at radius 2 is 1.14 bits per heavy atom. The van der Waals surface area contributed by atoms with Gasteiger partial charge in [-0.2, -0.15) is 0 Å². The second-order valence-corrected chi connectivity index (χ2v) is 13.3. The second-order valence-electron chi connectivity index (χ2n) is 13.3. The third-order valence-electron chi connectivity index (χ3n) is 8.30. The first kappa shape index (κ1) is 38.7. The molecule has 0 bridgehead atoms. The summed E-state index contributed by atoms with van der Waals surface area (Å²) in [6, 6.07) is 8.33. The SMILES string of the molecule is CC(=O)O[C@@H]1[C@@H](OC(C)=O)C(C)(C)/C=C/[C@H](C)[C@H](OC(C)=O)C2=C[C@H](C)[C@H](OC(=O)c3ccccc3)/C2=C/[C@](C)(OC(C)=O)[C@@H]1OC(C)=O. The van der Waals surface area contributed by atoms with E-state index in [2.05, 4.69) is 0 Å². The molecule has 49 heavy (non-hydrogen) atoms. The van der Waals surface area contributed by atoms with Gasteiger partial charge in [0, 0.05) is 51.9 Å². The Morgan fingerprint density at radius 1 is 0.612 bits per heavy atom. The normalized spacial score (nSPS) is 31.0. The third-order valence-corrected chi connectivity index (χ3v) is 8.30. The average molecular weight is 683 g/mol. The van der Waals surface area contributed by atoms with E-state index in [0.29, 0.717) is 11.1 Å². The van der Waals surface area contributed by atoms with E-state index in [1.807, 2.05) is 13.0 Å². The van der Waals surface area contributed by atoms with E-state index in [1.54, 1.807) is 63.3 Å². The first-order valence-corrected chi connectivity index (χ1v) is 16.0. The molecule has 0 fully saturated rings. The zero-order chi connectivity index (χ0) is 36.8. The van der Waals surface area contributed by atoms with Crippen molar-refractivity contribution < 1.29 is 57.2 Å². The number of hydrogen-bond acceptors (Lipinski definition) is 12. The van der Waals surface area contributed by atoms with E-state index in [4.69, 9.17) is 28.4 Å². The maximum atomic E-state index is 13.4. The third kappa shape index (κ3) is 9.67. The van der Waals surface area contributed by atoms with Crippen molar-refractivity contribution in [2.24, 2.45) is 17.3 Å². The molecule has 0 heterocycles. The van der Waals surface area contributed by atoms with Gasteiger partial charge in [-0.05, 0) is 36.3 Å². The minimum absolute atomic E-state index is 0.284. The smallest absolute Gasteiger partial charge is 0.338 e. The number of carbonyl (C=O) groups is 6. The van der Waals surface area contributed by atoms with Crippen molar-refractivity contribution in [2.45, 2.75) is 105 Å². The van der Waals surface area contributed by atoms with Gasteiger partial charge in [0.2, 0.25) is 0 Å². The molecule has 12 heteroatoms. The molecular weight excluding hydrogens is 636 g/mol. The second kappa shape index (κ2) is 15.7. The van der Waals surface area contributed by atoms with Gasteiger partial charge >= 0.3 is 35.8 Å². The van der Waals surface area contributed by atoms with Gasteiger partial charge in [0.15, 0.2) is 23.9 Å². The first-order chi connectivity index (χ1) is 22.8. The standard InChI is InChI=1S/C37H46O12/c1-20-16-17-36(8,9)33(46-24(5)40)32(45-23(4)39)34(47-25(6)41)37(10,49-26(7)42)19-29-28(30(20)44-22(3)38)18-21(2)31(29)48-35(43)27-14-12-11-13-15-27/h11-21,30-34H,1-10H3/b17-16+,29-19+/t20-,21-,30-,31-,32+,33+,34+,37-/m0/s1. The van der Waals surface area contributed by atoms with Crippen LogP contribution >= 0.6 is 0 Å². The lowest BCUT2D eigenvalue weighted by atomic mass is 9.76. The predicted octanol–water partition coefficient (Wildman–Crippen LogP) is 5.00. The van der Waals surface area contributed by atoms with Gasteiger partial charge in [0.05, 0.1) is 5.56 Å². The summed E-state index contributed by atoms with van der Waals surface area (Å²) in [5, 5.41) is 0. The highest BCUT2D eigenvalue weighted by Gasteiger charge is 2.54. The van der Waals surface area contributed by atoms with Crippen LogP contribution < -0.4 is 0 Å². The Kier molecular flexibility index (Phi) is 12.4. The summed E-state index contributed by atoms with van der Waals surface area (Å²) in [5.74, 6) is -5.35. The van der Waals surface area contributed by atoms with Crippen LogP contribution in [0.3, 0.4) is 0 Å². The van der Waals surface area contributed by atoms with Crippen LogP contribution in [0, 0.1) is 17.3 Å². The number of fused-ring (bicyclic) bond motifs is 1. The highest BCUT2D eigenvalue weighted by Crippen LogP contribution is 2.44. The number of benzene rings is 1. The van der Waals surface area contributed by atoms with Crippen LogP contribution in [0.1, 0.15) is 79.6 Å². The van der Waals surface area contributed by atoms with E-state index in [-0.39, 0.29) is 5.56 Å². The van der Waals surface area contributed by atoms with Crippen LogP contribution in [0.2, 0.25) is 0 Å². The lowest BCUT2D eigenvalue weighted by Gasteiger charge is -2.44. The molecule has 0 aliphatic heterocycles. The molecule has 0 amide bonds. The van der Waals surface area contributed by atoms with E-state index in [1.165, 1.54) is 26.8 Å². The summed E-state index contributed by atoms with van der Waals surface area (Å²) in [5.41, 5.74) is -2.03. The molecule has 1 aromatic rings. The molecular formula is C37H46O12. The zero-order valence-electron chi connectivity index (χ0n) is 29.6. The zero-order valence-corrected chi connectivity index (χ0v) is 29.6. The van der Waals surface area contributed by atoms with Crippen LogP contribution in [0.15, 0.2) is 65.8 Å². The molecule has 1 aromatic carbocycles.